The maximum absolute atomic E-state index is 12.8. The van der Waals surface area contributed by atoms with Crippen molar-refractivity contribution in [1.29, 1.82) is 0 Å². The molecule has 1 fully saturated rings. The summed E-state index contributed by atoms with van der Waals surface area (Å²) in [5, 5.41) is 24.5. The number of carbonyl (C=O) groups excluding carboxylic acids is 2. The highest BCUT2D eigenvalue weighted by Crippen LogP contribution is 2.43. The number of aromatic nitrogens is 2. The van der Waals surface area contributed by atoms with Crippen molar-refractivity contribution in [3.05, 3.63) is 136 Å². The molecule has 12 heteroatoms. The SMILES string of the molecule is COC(=O)[C@H](Cc1ccccc1)NC(=O)NCc1cccc(-c2ccc([C@H]3O[C@@H](CSc4nnc(C)s4)[C@@H](C)[C@@H](c4ccc(CO)cc4)O3)cc2)c1. The zero-order valence-corrected chi connectivity index (χ0v) is 30.9. The number of urea groups is 1. The van der Waals surface area contributed by atoms with E-state index in [1.807, 2.05) is 110 Å². The zero-order chi connectivity index (χ0) is 36.5. The molecule has 5 aromatic rings. The molecular formula is C40H42N4O6S2. The second-order valence-corrected chi connectivity index (χ2v) is 15.1. The average Bonchev–Trinajstić information content (AvgIpc) is 3.61. The second kappa shape index (κ2) is 17.8. The van der Waals surface area contributed by atoms with Gasteiger partial charge in [0.05, 0.1) is 25.9 Å². The Hall–Kier alpha value is -4.59. The number of amides is 2. The lowest BCUT2D eigenvalue weighted by molar-refractivity contribution is -0.268. The van der Waals surface area contributed by atoms with Crippen molar-refractivity contribution in [2.75, 3.05) is 12.9 Å². The maximum Gasteiger partial charge on any atom is 0.328 e. The molecule has 0 saturated carbocycles. The van der Waals surface area contributed by atoms with Crippen LogP contribution in [0.1, 0.15) is 52.1 Å². The Labute approximate surface area is 311 Å². The van der Waals surface area contributed by atoms with Gasteiger partial charge in [-0.15, -0.1) is 10.2 Å². The topological polar surface area (TPSA) is 132 Å². The van der Waals surface area contributed by atoms with E-state index in [9.17, 15) is 14.7 Å². The van der Waals surface area contributed by atoms with Gasteiger partial charge in [0.25, 0.3) is 0 Å². The standard InChI is InChI=1S/C40H42N4O6S2/c1-25-35(24-51-40-44-43-26(2)52-40)49-38(50-36(25)31-14-12-28(23-45)13-15-31)32-18-16-30(17-19-32)33-11-7-10-29(20-33)22-41-39(47)42-34(37(46)48-3)21-27-8-5-4-6-9-27/h4-20,25,34-36,38,45H,21-24H2,1-3H3,(H2,41,42,47)/t25-,34+,35+,36+,38+/m1/s1. The summed E-state index contributed by atoms with van der Waals surface area (Å²) in [6.45, 7) is 4.36. The molecule has 0 unspecified atom stereocenters. The number of hydrogen-bond donors (Lipinski definition) is 3. The van der Waals surface area contributed by atoms with E-state index >= 15 is 0 Å². The molecule has 270 valence electrons. The van der Waals surface area contributed by atoms with Crippen LogP contribution in [0.5, 0.6) is 0 Å². The summed E-state index contributed by atoms with van der Waals surface area (Å²) in [7, 11) is 1.31. The number of aryl methyl sites for hydroxylation is 1. The molecule has 2 heterocycles. The normalized spacial score (nSPS) is 19.1. The number of nitrogens with one attached hydrogen (secondary N) is 2. The largest absolute Gasteiger partial charge is 0.467 e. The van der Waals surface area contributed by atoms with Gasteiger partial charge in [-0.1, -0.05) is 127 Å². The summed E-state index contributed by atoms with van der Waals surface area (Å²) in [5.74, 6) is 0.257. The minimum absolute atomic E-state index is 0.0125. The molecule has 52 heavy (non-hydrogen) atoms. The maximum atomic E-state index is 12.8. The molecule has 2 amide bonds. The molecule has 1 aromatic heterocycles. The Morgan fingerprint density at radius 1 is 0.885 bits per heavy atom. The van der Waals surface area contributed by atoms with Gasteiger partial charge in [0.2, 0.25) is 0 Å². The molecule has 6 rings (SSSR count). The van der Waals surface area contributed by atoms with E-state index in [1.165, 1.54) is 7.11 Å². The van der Waals surface area contributed by atoms with Gasteiger partial charge >= 0.3 is 12.0 Å². The molecule has 0 spiro atoms. The van der Waals surface area contributed by atoms with Gasteiger partial charge in [-0.25, -0.2) is 9.59 Å². The van der Waals surface area contributed by atoms with Crippen LogP contribution in [0.3, 0.4) is 0 Å². The number of aliphatic hydroxyl groups excluding tert-OH is 1. The first-order valence-corrected chi connectivity index (χ1v) is 18.9. The highest BCUT2D eigenvalue weighted by Gasteiger charge is 2.38. The van der Waals surface area contributed by atoms with Crippen LogP contribution in [0.2, 0.25) is 0 Å². The predicted octanol–water partition coefficient (Wildman–Crippen LogP) is 7.17. The van der Waals surface area contributed by atoms with Gasteiger partial charge in [-0.2, -0.15) is 0 Å². The number of rotatable bonds is 13. The van der Waals surface area contributed by atoms with Crippen molar-refractivity contribution in [1.82, 2.24) is 20.8 Å². The predicted molar refractivity (Wildman–Crippen MR) is 202 cm³/mol. The van der Waals surface area contributed by atoms with Gasteiger partial charge < -0.3 is 30.0 Å². The first-order valence-electron chi connectivity index (χ1n) is 17.1. The molecule has 3 N–H and O–H groups in total. The smallest absolute Gasteiger partial charge is 0.328 e. The fourth-order valence-electron chi connectivity index (χ4n) is 6.07. The summed E-state index contributed by atoms with van der Waals surface area (Å²) in [6, 6.07) is 32.2. The fourth-order valence-corrected chi connectivity index (χ4v) is 8.08. The van der Waals surface area contributed by atoms with Crippen LogP contribution in [-0.2, 0) is 38.6 Å². The number of hydrogen-bond acceptors (Lipinski definition) is 10. The molecule has 0 radical (unpaired) electrons. The lowest BCUT2D eigenvalue weighted by Gasteiger charge is -2.41. The number of methoxy groups -OCH3 is 1. The Kier molecular flexibility index (Phi) is 12.7. The fraction of sp³-hybridized carbons (Fsp3) is 0.300. The van der Waals surface area contributed by atoms with Gasteiger partial charge in [0.15, 0.2) is 10.6 Å². The quantitative estimate of drug-likeness (QED) is 0.0850. The summed E-state index contributed by atoms with van der Waals surface area (Å²) >= 11 is 3.22. The van der Waals surface area contributed by atoms with E-state index in [4.69, 9.17) is 14.2 Å². The van der Waals surface area contributed by atoms with Crippen molar-refractivity contribution in [3.63, 3.8) is 0 Å². The molecule has 1 saturated heterocycles. The molecule has 4 aromatic carbocycles. The van der Waals surface area contributed by atoms with E-state index in [-0.39, 0.29) is 31.3 Å². The number of ether oxygens (including phenoxy) is 3. The zero-order valence-electron chi connectivity index (χ0n) is 29.2. The van der Waals surface area contributed by atoms with E-state index < -0.39 is 24.3 Å². The monoisotopic (exact) mass is 738 g/mol. The Morgan fingerprint density at radius 2 is 1.62 bits per heavy atom. The first-order chi connectivity index (χ1) is 25.3. The molecule has 0 aliphatic carbocycles. The Bertz CT molecular complexity index is 1920. The minimum Gasteiger partial charge on any atom is -0.467 e. The number of nitrogens with zero attached hydrogens (tertiary/aromatic N) is 2. The summed E-state index contributed by atoms with van der Waals surface area (Å²) < 4.78 is 19.1. The first kappa shape index (κ1) is 37.2. The van der Waals surface area contributed by atoms with Gasteiger partial charge in [-0.05, 0) is 46.4 Å². The minimum atomic E-state index is -0.812. The van der Waals surface area contributed by atoms with Gasteiger partial charge in [-0.3, -0.25) is 0 Å². The van der Waals surface area contributed by atoms with Crippen LogP contribution < -0.4 is 10.6 Å². The highest BCUT2D eigenvalue weighted by atomic mass is 32.2. The molecule has 0 bridgehead atoms. The third kappa shape index (κ3) is 9.64. The van der Waals surface area contributed by atoms with Crippen LogP contribution in [-0.4, -0.2) is 52.3 Å². The van der Waals surface area contributed by atoms with Crippen molar-refractivity contribution < 1.29 is 28.9 Å². The molecule has 10 nitrogen and oxygen atoms in total. The average molecular weight is 739 g/mol. The molecular weight excluding hydrogens is 697 g/mol. The van der Waals surface area contributed by atoms with Gasteiger partial charge in [0.1, 0.15) is 11.0 Å². The van der Waals surface area contributed by atoms with Gasteiger partial charge in [0, 0.05) is 30.2 Å². The van der Waals surface area contributed by atoms with Crippen LogP contribution in [0.25, 0.3) is 11.1 Å². The third-order valence-corrected chi connectivity index (χ3v) is 11.0. The summed E-state index contributed by atoms with van der Waals surface area (Å²) in [5.41, 5.74) is 6.60. The van der Waals surface area contributed by atoms with Crippen LogP contribution >= 0.6 is 23.1 Å². The number of thioether (sulfide) groups is 1. The van der Waals surface area contributed by atoms with Crippen LogP contribution in [0.15, 0.2) is 107 Å². The van der Waals surface area contributed by atoms with Crippen LogP contribution in [0.4, 0.5) is 4.79 Å². The molecule has 1 aliphatic rings. The van der Waals surface area contributed by atoms with E-state index in [1.54, 1.807) is 23.1 Å². The van der Waals surface area contributed by atoms with Crippen molar-refractivity contribution in [2.45, 2.75) is 62.3 Å². The van der Waals surface area contributed by atoms with E-state index in [2.05, 4.69) is 27.8 Å². The number of aliphatic hydroxyl groups is 1. The van der Waals surface area contributed by atoms with Crippen molar-refractivity contribution in [2.24, 2.45) is 5.92 Å². The lowest BCUT2D eigenvalue weighted by Crippen LogP contribution is -2.47. The summed E-state index contributed by atoms with van der Waals surface area (Å²) in [4.78, 5) is 25.2. The number of esters is 1. The van der Waals surface area contributed by atoms with Crippen molar-refractivity contribution in [3.8, 4) is 11.1 Å². The van der Waals surface area contributed by atoms with Crippen molar-refractivity contribution >= 4 is 35.1 Å². The van der Waals surface area contributed by atoms with E-state index in [0.29, 0.717) is 12.2 Å². The summed E-state index contributed by atoms with van der Waals surface area (Å²) in [6.07, 6.45) is -0.586. The number of benzene rings is 4. The molecule has 5 atom stereocenters. The highest BCUT2D eigenvalue weighted by molar-refractivity contribution is 8.01. The second-order valence-electron chi connectivity index (χ2n) is 12.6. The van der Waals surface area contributed by atoms with Crippen LogP contribution in [0, 0.1) is 12.8 Å². The lowest BCUT2D eigenvalue weighted by atomic mass is 9.91. The Balaban J connectivity index is 1.12. The molecule has 1 aliphatic heterocycles. The third-order valence-electron chi connectivity index (χ3n) is 8.97. The van der Waals surface area contributed by atoms with E-state index in [0.717, 1.165) is 48.3 Å². The Morgan fingerprint density at radius 3 is 2.31 bits per heavy atom. The number of carbonyl (C=O) groups is 2.